The van der Waals surface area contributed by atoms with Gasteiger partial charge in [-0.2, -0.15) is 11.8 Å². The van der Waals surface area contributed by atoms with Crippen LogP contribution in [0, 0.1) is 0 Å². The Labute approximate surface area is 151 Å². The summed E-state index contributed by atoms with van der Waals surface area (Å²) in [5, 5.41) is 6.12. The summed E-state index contributed by atoms with van der Waals surface area (Å²) in [6, 6.07) is 3.07. The molecule has 1 aliphatic rings. The minimum atomic E-state index is -0.219. The molecule has 1 saturated heterocycles. The lowest BCUT2D eigenvalue weighted by Crippen LogP contribution is -2.46. The van der Waals surface area contributed by atoms with Gasteiger partial charge in [-0.05, 0) is 36.9 Å². The van der Waals surface area contributed by atoms with E-state index >= 15 is 0 Å². The number of nitrogens with zero attached hydrogens (tertiary/aromatic N) is 1. The summed E-state index contributed by atoms with van der Waals surface area (Å²) in [5.74, 6) is 2.00. The highest BCUT2D eigenvalue weighted by Gasteiger charge is 2.23. The van der Waals surface area contributed by atoms with Crippen LogP contribution < -0.4 is 10.6 Å². The molecular formula is C17H22ClN3O2S. The summed E-state index contributed by atoms with van der Waals surface area (Å²) in [6.45, 7) is 3.72. The monoisotopic (exact) mass is 367 g/mol. The highest BCUT2D eigenvalue weighted by molar-refractivity contribution is 7.99. The Morgan fingerprint density at radius 3 is 2.67 bits per heavy atom. The van der Waals surface area contributed by atoms with Crippen molar-refractivity contribution in [2.45, 2.75) is 13.0 Å². The third-order valence-electron chi connectivity index (χ3n) is 3.96. The molecule has 0 aromatic heterocycles. The first-order valence-electron chi connectivity index (χ1n) is 7.82. The molecule has 2 rings (SSSR count). The summed E-state index contributed by atoms with van der Waals surface area (Å²) in [5.41, 5.74) is 1.69. The molecule has 0 aliphatic carbocycles. The average molecular weight is 368 g/mol. The number of hydrogen-bond acceptors (Lipinski definition) is 5. The third kappa shape index (κ3) is 4.75. The number of hydrogen-bond donors (Lipinski definition) is 2. The van der Waals surface area contributed by atoms with E-state index in [4.69, 9.17) is 11.6 Å². The largest absolute Gasteiger partial charge is 0.394 e. The number of carbonyl (C=O) groups is 2. The standard InChI is InChI=1S/C17H22ClN3O2S/c1-12(21-5-7-24-8-6-21)17(23)20-16-10-13(3-4-19-2)14(11-22)9-15(16)18/h3-4,9-12,19H,5-8H2,1-2H3,(H,20,23)/b4-3-. The van der Waals surface area contributed by atoms with Gasteiger partial charge in [-0.1, -0.05) is 11.6 Å². The van der Waals surface area contributed by atoms with Gasteiger partial charge in [-0.25, -0.2) is 0 Å². The predicted molar refractivity (Wildman–Crippen MR) is 102 cm³/mol. The first-order valence-corrected chi connectivity index (χ1v) is 9.35. The van der Waals surface area contributed by atoms with Gasteiger partial charge in [0.1, 0.15) is 0 Å². The number of carbonyl (C=O) groups excluding carboxylic acids is 2. The molecule has 130 valence electrons. The fraction of sp³-hybridized carbons (Fsp3) is 0.412. The molecule has 7 heteroatoms. The number of anilines is 1. The quantitative estimate of drug-likeness (QED) is 0.757. The smallest absolute Gasteiger partial charge is 0.241 e. The maximum atomic E-state index is 12.5. The van der Waals surface area contributed by atoms with Gasteiger partial charge < -0.3 is 10.6 Å². The topological polar surface area (TPSA) is 61.4 Å². The van der Waals surface area contributed by atoms with Gasteiger partial charge in [0.15, 0.2) is 6.29 Å². The summed E-state index contributed by atoms with van der Waals surface area (Å²) in [7, 11) is 1.77. The number of amides is 1. The van der Waals surface area contributed by atoms with Crippen molar-refractivity contribution in [3.05, 3.63) is 34.5 Å². The van der Waals surface area contributed by atoms with Crippen LogP contribution in [0.15, 0.2) is 18.3 Å². The van der Waals surface area contributed by atoms with Crippen molar-refractivity contribution in [2.24, 2.45) is 0 Å². The zero-order valence-corrected chi connectivity index (χ0v) is 15.4. The van der Waals surface area contributed by atoms with Gasteiger partial charge >= 0.3 is 0 Å². The number of aldehydes is 1. The van der Waals surface area contributed by atoms with Crippen LogP contribution in [0.3, 0.4) is 0 Å². The van der Waals surface area contributed by atoms with Crippen molar-refractivity contribution in [1.29, 1.82) is 0 Å². The van der Waals surface area contributed by atoms with Gasteiger partial charge in [0.25, 0.3) is 0 Å². The number of halogens is 1. The fourth-order valence-corrected chi connectivity index (χ4v) is 3.64. The maximum absolute atomic E-state index is 12.5. The highest BCUT2D eigenvalue weighted by atomic mass is 35.5. The van der Waals surface area contributed by atoms with Crippen LogP contribution >= 0.6 is 23.4 Å². The average Bonchev–Trinajstić information content (AvgIpc) is 2.61. The van der Waals surface area contributed by atoms with Gasteiger partial charge in [-0.15, -0.1) is 0 Å². The Bertz CT molecular complexity index is 631. The summed E-state index contributed by atoms with van der Waals surface area (Å²) >= 11 is 8.13. The van der Waals surface area contributed by atoms with E-state index in [-0.39, 0.29) is 11.9 Å². The van der Waals surface area contributed by atoms with Gasteiger partial charge in [0.05, 0.1) is 16.8 Å². The number of benzene rings is 1. The zero-order valence-electron chi connectivity index (χ0n) is 13.8. The van der Waals surface area contributed by atoms with Gasteiger partial charge in [-0.3, -0.25) is 14.5 Å². The molecule has 0 radical (unpaired) electrons. The molecule has 1 aromatic carbocycles. The Morgan fingerprint density at radius 1 is 1.33 bits per heavy atom. The van der Waals surface area contributed by atoms with Crippen molar-refractivity contribution >= 4 is 47.3 Å². The molecule has 0 saturated carbocycles. The molecule has 1 fully saturated rings. The Kier molecular flexibility index (Phi) is 7.15. The van der Waals surface area contributed by atoms with E-state index in [1.807, 2.05) is 18.7 Å². The fourth-order valence-electron chi connectivity index (χ4n) is 2.49. The van der Waals surface area contributed by atoms with Crippen LogP contribution in [0.4, 0.5) is 5.69 Å². The Morgan fingerprint density at radius 2 is 2.04 bits per heavy atom. The lowest BCUT2D eigenvalue weighted by atomic mass is 10.1. The Balaban J connectivity index is 2.16. The lowest BCUT2D eigenvalue weighted by molar-refractivity contribution is -0.120. The Hall–Kier alpha value is -1.50. The molecule has 1 atom stereocenters. The first kappa shape index (κ1) is 18.8. The lowest BCUT2D eigenvalue weighted by Gasteiger charge is -2.31. The van der Waals surface area contributed by atoms with Crippen molar-refractivity contribution in [3.63, 3.8) is 0 Å². The van der Waals surface area contributed by atoms with Gasteiger partial charge in [0.2, 0.25) is 5.91 Å². The number of thioether (sulfide) groups is 1. The normalized spacial score (nSPS) is 16.8. The molecule has 1 unspecified atom stereocenters. The second-order valence-corrected chi connectivity index (χ2v) is 7.15. The third-order valence-corrected chi connectivity index (χ3v) is 5.22. The minimum Gasteiger partial charge on any atom is -0.394 e. The van der Waals surface area contributed by atoms with E-state index in [0.717, 1.165) is 30.9 Å². The van der Waals surface area contributed by atoms with Crippen molar-refractivity contribution < 1.29 is 9.59 Å². The molecule has 0 bridgehead atoms. The predicted octanol–water partition coefficient (Wildman–Crippen LogP) is 2.72. The SMILES string of the molecule is CN/C=C\c1cc(NC(=O)C(C)N2CCSCC2)c(Cl)cc1C=O. The maximum Gasteiger partial charge on any atom is 0.241 e. The molecule has 1 heterocycles. The van der Waals surface area contributed by atoms with Crippen LogP contribution in [-0.2, 0) is 4.79 Å². The molecule has 2 N–H and O–H groups in total. The second-order valence-electron chi connectivity index (χ2n) is 5.51. The molecule has 5 nitrogen and oxygen atoms in total. The first-order chi connectivity index (χ1) is 11.6. The summed E-state index contributed by atoms with van der Waals surface area (Å²) < 4.78 is 0. The van der Waals surface area contributed by atoms with E-state index < -0.39 is 0 Å². The highest BCUT2D eigenvalue weighted by Crippen LogP contribution is 2.27. The van der Waals surface area contributed by atoms with E-state index in [2.05, 4.69) is 15.5 Å². The van der Waals surface area contributed by atoms with Gasteiger partial charge in [0, 0.05) is 37.2 Å². The molecule has 24 heavy (non-hydrogen) atoms. The van der Waals surface area contributed by atoms with Crippen LogP contribution in [0.25, 0.3) is 6.08 Å². The van der Waals surface area contributed by atoms with E-state index in [1.165, 1.54) is 0 Å². The van der Waals surface area contributed by atoms with Crippen molar-refractivity contribution in [3.8, 4) is 0 Å². The van der Waals surface area contributed by atoms with Crippen molar-refractivity contribution in [2.75, 3.05) is 37.0 Å². The molecular weight excluding hydrogens is 346 g/mol. The van der Waals surface area contributed by atoms with E-state index in [0.29, 0.717) is 21.8 Å². The molecule has 1 aliphatic heterocycles. The molecule has 0 spiro atoms. The zero-order chi connectivity index (χ0) is 17.5. The van der Waals surface area contributed by atoms with Crippen LogP contribution in [0.5, 0.6) is 0 Å². The number of nitrogens with one attached hydrogen (secondary N) is 2. The number of rotatable bonds is 6. The molecule has 1 aromatic rings. The van der Waals surface area contributed by atoms with Crippen molar-refractivity contribution in [1.82, 2.24) is 10.2 Å². The minimum absolute atomic E-state index is 0.0915. The van der Waals surface area contributed by atoms with Crippen LogP contribution in [0.1, 0.15) is 22.8 Å². The second kappa shape index (κ2) is 9.11. The van der Waals surface area contributed by atoms with E-state index in [9.17, 15) is 9.59 Å². The summed E-state index contributed by atoms with van der Waals surface area (Å²) in [4.78, 5) is 25.9. The molecule has 1 amide bonds. The van der Waals surface area contributed by atoms with Crippen LogP contribution in [0.2, 0.25) is 5.02 Å². The van der Waals surface area contributed by atoms with Crippen LogP contribution in [-0.4, -0.2) is 54.8 Å². The van der Waals surface area contributed by atoms with E-state index in [1.54, 1.807) is 31.5 Å². The summed E-state index contributed by atoms with van der Waals surface area (Å²) in [6.07, 6.45) is 4.23.